The van der Waals surface area contributed by atoms with Gasteiger partial charge in [0.1, 0.15) is 13.2 Å². The van der Waals surface area contributed by atoms with Crippen LogP contribution >= 0.6 is 0 Å². The van der Waals surface area contributed by atoms with Gasteiger partial charge in [0, 0.05) is 12.8 Å². The van der Waals surface area contributed by atoms with Crippen LogP contribution < -0.4 is 0 Å². The molecule has 0 saturated heterocycles. The van der Waals surface area contributed by atoms with Crippen LogP contribution in [0.2, 0.25) is 0 Å². The quantitative estimate of drug-likeness (QED) is 0.0261. The third kappa shape index (κ3) is 63.9. The number of rotatable bonds is 63. The van der Waals surface area contributed by atoms with Crippen LogP contribution in [0.4, 0.5) is 0 Å². The summed E-state index contributed by atoms with van der Waals surface area (Å²) < 4.78 is 16.9. The first kappa shape index (κ1) is 75.1. The fourth-order valence-electron chi connectivity index (χ4n) is 10.2. The second-order valence-electron chi connectivity index (χ2n) is 23.1. The Hall–Kier alpha value is -2.89. The van der Waals surface area contributed by atoms with E-state index in [-0.39, 0.29) is 31.6 Å². The molecule has 0 fully saturated rings. The number of allylic oxidation sites excluding steroid dienone is 9. The van der Waals surface area contributed by atoms with Crippen molar-refractivity contribution in [1.29, 1.82) is 0 Å². The molecule has 6 nitrogen and oxygen atoms in total. The first-order valence-corrected chi connectivity index (χ1v) is 34.3. The molecule has 0 amide bonds. The average molecular weight is 1090 g/mol. The summed E-state index contributed by atoms with van der Waals surface area (Å²) in [4.78, 5) is 38.3. The number of esters is 3. The SMILES string of the molecule is CC/C=C\C/C=C\C/C=C\C/C=C\C/C=C\CC(=O)OCC(COC(=O)CCCCCCCCCCCCCCCCCCCCCCCCCCCC)OC(=O)CCCCCCCCCCCCCCCCCCCCC. The molecule has 1 atom stereocenters. The molecule has 454 valence electrons. The molecule has 0 heterocycles. The molecule has 0 aliphatic heterocycles. The van der Waals surface area contributed by atoms with Gasteiger partial charge in [-0.25, -0.2) is 0 Å². The molecule has 6 heteroatoms. The molecule has 1 unspecified atom stereocenters. The van der Waals surface area contributed by atoms with Crippen molar-refractivity contribution < 1.29 is 28.6 Å². The van der Waals surface area contributed by atoms with Gasteiger partial charge in [0.05, 0.1) is 6.42 Å². The van der Waals surface area contributed by atoms with Gasteiger partial charge >= 0.3 is 17.9 Å². The van der Waals surface area contributed by atoms with Crippen molar-refractivity contribution in [1.82, 2.24) is 0 Å². The fraction of sp³-hybridized carbons (Fsp3) is 0.819. The highest BCUT2D eigenvalue weighted by atomic mass is 16.6. The molecule has 0 aliphatic carbocycles. The van der Waals surface area contributed by atoms with Gasteiger partial charge in [-0.2, -0.15) is 0 Å². The number of hydrogen-bond acceptors (Lipinski definition) is 6. The lowest BCUT2D eigenvalue weighted by molar-refractivity contribution is -0.166. The maximum Gasteiger partial charge on any atom is 0.309 e. The van der Waals surface area contributed by atoms with Crippen molar-refractivity contribution in [2.24, 2.45) is 0 Å². The molecule has 0 aromatic heterocycles. The van der Waals surface area contributed by atoms with Crippen molar-refractivity contribution in [3.8, 4) is 0 Å². The molecule has 0 radical (unpaired) electrons. The van der Waals surface area contributed by atoms with Gasteiger partial charge < -0.3 is 14.2 Å². The molecule has 0 N–H and O–H groups in total. The van der Waals surface area contributed by atoms with E-state index in [0.717, 1.165) is 70.6 Å². The Bertz CT molecular complexity index is 1390. The van der Waals surface area contributed by atoms with Crippen molar-refractivity contribution in [3.05, 3.63) is 60.8 Å². The van der Waals surface area contributed by atoms with Gasteiger partial charge in [0.15, 0.2) is 6.10 Å². The maximum absolute atomic E-state index is 12.9. The zero-order valence-electron chi connectivity index (χ0n) is 52.2. The lowest BCUT2D eigenvalue weighted by Crippen LogP contribution is -2.30. The zero-order chi connectivity index (χ0) is 56.4. The number of ether oxygens (including phenoxy) is 3. The number of hydrogen-bond donors (Lipinski definition) is 0. The molecule has 0 saturated carbocycles. The molecule has 0 spiro atoms. The van der Waals surface area contributed by atoms with Crippen LogP contribution in [0.15, 0.2) is 60.8 Å². The first-order valence-electron chi connectivity index (χ1n) is 34.3. The summed E-state index contributed by atoms with van der Waals surface area (Å²) in [5.74, 6) is -1.01. The third-order valence-electron chi connectivity index (χ3n) is 15.3. The summed E-state index contributed by atoms with van der Waals surface area (Å²) >= 11 is 0. The minimum absolute atomic E-state index is 0.0990. The van der Waals surface area contributed by atoms with Crippen LogP contribution in [-0.4, -0.2) is 37.2 Å². The van der Waals surface area contributed by atoms with Crippen LogP contribution in [0.1, 0.15) is 361 Å². The minimum atomic E-state index is -0.812. The van der Waals surface area contributed by atoms with Crippen molar-refractivity contribution >= 4 is 17.9 Å². The van der Waals surface area contributed by atoms with E-state index in [0.29, 0.717) is 12.8 Å². The topological polar surface area (TPSA) is 78.9 Å². The summed E-state index contributed by atoms with van der Waals surface area (Å²) in [6, 6.07) is 0. The normalized spacial score (nSPS) is 12.4. The van der Waals surface area contributed by atoms with Gasteiger partial charge in [-0.15, -0.1) is 0 Å². The fourth-order valence-corrected chi connectivity index (χ4v) is 10.2. The second-order valence-corrected chi connectivity index (χ2v) is 23.1. The first-order chi connectivity index (χ1) is 38.5. The number of carbonyl (C=O) groups excluding carboxylic acids is 3. The van der Waals surface area contributed by atoms with E-state index in [1.807, 2.05) is 12.2 Å². The van der Waals surface area contributed by atoms with E-state index in [2.05, 4.69) is 69.4 Å². The Morgan fingerprint density at radius 2 is 0.500 bits per heavy atom. The Kier molecular flexibility index (Phi) is 64.2. The Labute approximate surface area is 485 Å². The van der Waals surface area contributed by atoms with Crippen molar-refractivity contribution in [2.45, 2.75) is 367 Å². The molecular weight excluding hydrogens is 961 g/mol. The van der Waals surface area contributed by atoms with E-state index < -0.39 is 12.1 Å². The summed E-state index contributed by atoms with van der Waals surface area (Å²) in [6.45, 7) is 6.51. The predicted molar refractivity (Wildman–Crippen MR) is 339 cm³/mol. The minimum Gasteiger partial charge on any atom is -0.462 e. The summed E-state index contributed by atoms with van der Waals surface area (Å²) in [5, 5.41) is 0. The van der Waals surface area contributed by atoms with Gasteiger partial charge in [-0.05, 0) is 44.9 Å². The lowest BCUT2D eigenvalue weighted by Gasteiger charge is -2.18. The molecule has 0 aromatic carbocycles. The summed E-state index contributed by atoms with van der Waals surface area (Å²) in [6.07, 6.45) is 85.7. The van der Waals surface area contributed by atoms with Crippen molar-refractivity contribution in [3.63, 3.8) is 0 Å². The number of carbonyl (C=O) groups is 3. The third-order valence-corrected chi connectivity index (χ3v) is 15.3. The van der Waals surface area contributed by atoms with E-state index in [1.54, 1.807) is 0 Å². The number of unbranched alkanes of at least 4 members (excludes halogenated alkanes) is 43. The maximum atomic E-state index is 12.9. The van der Waals surface area contributed by atoms with Crippen LogP contribution in [0, 0.1) is 0 Å². The van der Waals surface area contributed by atoms with Crippen molar-refractivity contribution in [2.75, 3.05) is 13.2 Å². The van der Waals surface area contributed by atoms with Gasteiger partial charge in [0.25, 0.3) is 0 Å². The Morgan fingerprint density at radius 1 is 0.269 bits per heavy atom. The van der Waals surface area contributed by atoms with Crippen LogP contribution in [0.3, 0.4) is 0 Å². The van der Waals surface area contributed by atoms with Gasteiger partial charge in [-0.3, -0.25) is 14.4 Å². The highest BCUT2D eigenvalue weighted by Crippen LogP contribution is 2.18. The molecule has 78 heavy (non-hydrogen) atoms. The van der Waals surface area contributed by atoms with Gasteiger partial charge in [-0.1, -0.05) is 358 Å². The van der Waals surface area contributed by atoms with Gasteiger partial charge in [0.2, 0.25) is 0 Å². The molecule has 0 aromatic rings. The smallest absolute Gasteiger partial charge is 0.309 e. The molecule has 0 aliphatic rings. The summed E-state index contributed by atoms with van der Waals surface area (Å²) in [5.41, 5.74) is 0. The highest BCUT2D eigenvalue weighted by Gasteiger charge is 2.19. The predicted octanol–water partition coefficient (Wildman–Crippen LogP) is 23.5. The standard InChI is InChI=1S/C72H130O6/c1-4-7-10-13-16-19-22-25-28-30-32-33-34-35-36-37-38-40-41-44-47-50-53-56-59-62-65-71(74)77-68-69(67-76-70(73)64-61-58-55-52-49-46-43-27-24-21-18-15-12-9-6-3)78-72(75)66-63-60-57-54-51-48-45-42-39-31-29-26-23-20-17-14-11-8-5-2/h9,12,18,21,27,43,49,52,58,61,69H,4-8,10-11,13-17,19-20,22-26,28-42,44-48,50-51,53-57,59-60,62-68H2,1-3H3/b12-9-,21-18-,43-27-,52-49-,61-58-. The van der Waals surface area contributed by atoms with Crippen LogP contribution in [-0.2, 0) is 28.6 Å². The summed E-state index contributed by atoms with van der Waals surface area (Å²) in [7, 11) is 0. The van der Waals surface area contributed by atoms with E-state index in [4.69, 9.17) is 14.2 Å². The van der Waals surface area contributed by atoms with E-state index in [1.165, 1.54) is 250 Å². The van der Waals surface area contributed by atoms with Crippen LogP contribution in [0.25, 0.3) is 0 Å². The van der Waals surface area contributed by atoms with Crippen LogP contribution in [0.5, 0.6) is 0 Å². The zero-order valence-corrected chi connectivity index (χ0v) is 52.2. The lowest BCUT2D eigenvalue weighted by atomic mass is 10.0. The molecular formula is C72H130O6. The molecule has 0 rings (SSSR count). The average Bonchev–Trinajstić information content (AvgIpc) is 3.44. The Balaban J connectivity index is 4.30. The highest BCUT2D eigenvalue weighted by molar-refractivity contribution is 5.72. The monoisotopic (exact) mass is 1090 g/mol. The van der Waals surface area contributed by atoms with E-state index >= 15 is 0 Å². The molecule has 0 bridgehead atoms. The van der Waals surface area contributed by atoms with E-state index in [9.17, 15) is 14.4 Å². The Morgan fingerprint density at radius 3 is 0.782 bits per heavy atom. The second kappa shape index (κ2) is 66.6. The largest absolute Gasteiger partial charge is 0.462 e.